The third-order valence-electron chi connectivity index (χ3n) is 4.11. The lowest BCUT2D eigenvalue weighted by molar-refractivity contribution is 0.204. The molecule has 2 nitrogen and oxygen atoms in total. The maximum atomic E-state index is 3.49. The second kappa shape index (κ2) is 7.48. The molecule has 1 fully saturated rings. The average Bonchev–Trinajstić information content (AvgIpc) is 2.42. The molecule has 1 aliphatic rings. The maximum Gasteiger partial charge on any atom is 0.0237 e. The van der Waals surface area contributed by atoms with Gasteiger partial charge in [-0.2, -0.15) is 11.8 Å². The van der Waals surface area contributed by atoms with Gasteiger partial charge in [-0.1, -0.05) is 45.0 Å². The van der Waals surface area contributed by atoms with E-state index in [1.165, 1.54) is 23.4 Å². The number of benzene rings is 1. The highest BCUT2D eigenvalue weighted by molar-refractivity contribution is 8.00. The van der Waals surface area contributed by atoms with Gasteiger partial charge in [0.1, 0.15) is 0 Å². The Bertz CT molecular complexity index is 419. The Morgan fingerprint density at radius 1 is 1.30 bits per heavy atom. The smallest absolute Gasteiger partial charge is 0.0237 e. The number of nitrogens with zero attached hydrogens (tertiary/aromatic N) is 1. The van der Waals surface area contributed by atoms with Crippen molar-refractivity contribution in [2.75, 3.05) is 12.3 Å². The molecule has 3 heteroatoms. The molecule has 1 aromatic carbocycles. The molecular formula is C17H28N2S. The van der Waals surface area contributed by atoms with Crippen LogP contribution in [-0.4, -0.2) is 34.5 Å². The van der Waals surface area contributed by atoms with Crippen LogP contribution in [0.5, 0.6) is 0 Å². The average molecular weight is 292 g/mol. The molecule has 0 spiro atoms. The molecule has 112 valence electrons. The zero-order chi connectivity index (χ0) is 14.5. The molecular weight excluding hydrogens is 264 g/mol. The summed E-state index contributed by atoms with van der Waals surface area (Å²) >= 11 is 2.10. The zero-order valence-electron chi connectivity index (χ0n) is 13.2. The summed E-state index contributed by atoms with van der Waals surface area (Å²) in [5, 5.41) is 4.24. The third-order valence-corrected chi connectivity index (χ3v) is 5.44. The molecule has 0 aliphatic carbocycles. The SMILES string of the molecule is CC(C)NCc1cccc(CN2CCSC(C)C2C)c1. The minimum Gasteiger partial charge on any atom is -0.310 e. The molecule has 2 atom stereocenters. The van der Waals surface area contributed by atoms with E-state index in [-0.39, 0.29) is 0 Å². The van der Waals surface area contributed by atoms with E-state index in [4.69, 9.17) is 0 Å². The van der Waals surface area contributed by atoms with Crippen molar-refractivity contribution in [2.45, 2.75) is 58.1 Å². The van der Waals surface area contributed by atoms with Crippen LogP contribution in [0.15, 0.2) is 24.3 Å². The summed E-state index contributed by atoms with van der Waals surface area (Å²) in [4.78, 5) is 2.62. The van der Waals surface area contributed by atoms with Crippen molar-refractivity contribution in [3.8, 4) is 0 Å². The topological polar surface area (TPSA) is 15.3 Å². The van der Waals surface area contributed by atoms with E-state index in [9.17, 15) is 0 Å². The molecule has 2 rings (SSSR count). The number of hydrogen-bond acceptors (Lipinski definition) is 3. The fourth-order valence-corrected chi connectivity index (χ4v) is 3.78. The van der Waals surface area contributed by atoms with Crippen LogP contribution in [0.3, 0.4) is 0 Å². The fourth-order valence-electron chi connectivity index (χ4n) is 2.61. The van der Waals surface area contributed by atoms with Gasteiger partial charge in [0.05, 0.1) is 0 Å². The molecule has 1 heterocycles. The lowest BCUT2D eigenvalue weighted by Crippen LogP contribution is -2.43. The summed E-state index contributed by atoms with van der Waals surface area (Å²) in [6.07, 6.45) is 0. The van der Waals surface area contributed by atoms with Crippen molar-refractivity contribution >= 4 is 11.8 Å². The summed E-state index contributed by atoms with van der Waals surface area (Å²) in [7, 11) is 0. The molecule has 1 saturated heterocycles. The third kappa shape index (κ3) is 4.51. The van der Waals surface area contributed by atoms with Crippen LogP contribution in [0.2, 0.25) is 0 Å². The van der Waals surface area contributed by atoms with Crippen molar-refractivity contribution < 1.29 is 0 Å². The van der Waals surface area contributed by atoms with Crippen LogP contribution in [-0.2, 0) is 13.1 Å². The largest absolute Gasteiger partial charge is 0.310 e. The molecule has 2 unspecified atom stereocenters. The Morgan fingerprint density at radius 2 is 2.05 bits per heavy atom. The van der Waals surface area contributed by atoms with Crippen molar-refractivity contribution in [3.05, 3.63) is 35.4 Å². The first kappa shape index (κ1) is 15.9. The summed E-state index contributed by atoms with van der Waals surface area (Å²) < 4.78 is 0. The highest BCUT2D eigenvalue weighted by atomic mass is 32.2. The van der Waals surface area contributed by atoms with Crippen molar-refractivity contribution in [2.24, 2.45) is 0 Å². The normalized spacial score (nSPS) is 24.2. The van der Waals surface area contributed by atoms with E-state index < -0.39 is 0 Å². The molecule has 0 radical (unpaired) electrons. The van der Waals surface area contributed by atoms with Crippen molar-refractivity contribution in [1.29, 1.82) is 0 Å². The van der Waals surface area contributed by atoms with Crippen molar-refractivity contribution in [3.63, 3.8) is 0 Å². The molecule has 0 amide bonds. The minimum absolute atomic E-state index is 0.540. The zero-order valence-corrected chi connectivity index (χ0v) is 14.0. The van der Waals surface area contributed by atoms with Crippen LogP contribution in [0.4, 0.5) is 0 Å². The van der Waals surface area contributed by atoms with E-state index in [0.717, 1.165) is 18.3 Å². The van der Waals surface area contributed by atoms with E-state index in [1.807, 2.05) is 0 Å². The predicted octanol–water partition coefficient (Wildman–Crippen LogP) is 3.51. The van der Waals surface area contributed by atoms with Gasteiger partial charge in [0.25, 0.3) is 0 Å². The Kier molecular flexibility index (Phi) is 5.94. The lowest BCUT2D eigenvalue weighted by Gasteiger charge is -2.37. The Labute approximate surface area is 128 Å². The van der Waals surface area contributed by atoms with Crippen LogP contribution < -0.4 is 5.32 Å². The van der Waals surface area contributed by atoms with E-state index in [2.05, 4.69) is 73.9 Å². The molecule has 1 N–H and O–H groups in total. The molecule has 0 aromatic heterocycles. The maximum absolute atomic E-state index is 3.49. The summed E-state index contributed by atoms with van der Waals surface area (Å²) in [5.74, 6) is 1.26. The predicted molar refractivity (Wildman–Crippen MR) is 90.2 cm³/mol. The monoisotopic (exact) mass is 292 g/mol. The highest BCUT2D eigenvalue weighted by Crippen LogP contribution is 2.25. The second-order valence-electron chi connectivity index (χ2n) is 6.14. The van der Waals surface area contributed by atoms with Gasteiger partial charge in [0.2, 0.25) is 0 Å². The molecule has 1 aromatic rings. The molecule has 20 heavy (non-hydrogen) atoms. The number of rotatable bonds is 5. The quantitative estimate of drug-likeness (QED) is 0.894. The van der Waals surface area contributed by atoms with Gasteiger partial charge in [-0.05, 0) is 18.1 Å². The highest BCUT2D eigenvalue weighted by Gasteiger charge is 2.24. The molecule has 0 bridgehead atoms. The van der Waals surface area contributed by atoms with Gasteiger partial charge in [-0.3, -0.25) is 4.90 Å². The van der Waals surface area contributed by atoms with Gasteiger partial charge in [-0.25, -0.2) is 0 Å². The first-order valence-electron chi connectivity index (χ1n) is 7.73. The first-order chi connectivity index (χ1) is 9.56. The van der Waals surface area contributed by atoms with E-state index in [0.29, 0.717) is 12.1 Å². The van der Waals surface area contributed by atoms with Crippen LogP contribution >= 0.6 is 11.8 Å². The van der Waals surface area contributed by atoms with Gasteiger partial charge in [0, 0.05) is 42.7 Å². The van der Waals surface area contributed by atoms with Crippen molar-refractivity contribution in [1.82, 2.24) is 10.2 Å². The summed E-state index contributed by atoms with van der Waals surface area (Å²) in [5.41, 5.74) is 2.84. The number of hydrogen-bond donors (Lipinski definition) is 1. The fraction of sp³-hybridized carbons (Fsp3) is 0.647. The standard InChI is InChI=1S/C17H28N2S/c1-13(2)18-11-16-6-5-7-17(10-16)12-19-8-9-20-15(4)14(19)3/h5-7,10,13-15,18H,8-9,11-12H2,1-4H3. The van der Waals surface area contributed by atoms with Crippen LogP contribution in [0, 0.1) is 0 Å². The van der Waals surface area contributed by atoms with Crippen LogP contribution in [0.25, 0.3) is 0 Å². The first-order valence-corrected chi connectivity index (χ1v) is 8.78. The summed E-state index contributed by atoms with van der Waals surface area (Å²) in [6.45, 7) is 12.4. The van der Waals surface area contributed by atoms with Gasteiger partial charge >= 0.3 is 0 Å². The van der Waals surface area contributed by atoms with E-state index in [1.54, 1.807) is 0 Å². The summed E-state index contributed by atoms with van der Waals surface area (Å²) in [6, 6.07) is 10.2. The number of nitrogens with one attached hydrogen (secondary N) is 1. The minimum atomic E-state index is 0.540. The van der Waals surface area contributed by atoms with Crippen LogP contribution in [0.1, 0.15) is 38.8 Å². The molecule has 1 aliphatic heterocycles. The van der Waals surface area contributed by atoms with Gasteiger partial charge in [-0.15, -0.1) is 0 Å². The molecule has 0 saturated carbocycles. The van der Waals surface area contributed by atoms with Gasteiger partial charge < -0.3 is 5.32 Å². The Morgan fingerprint density at radius 3 is 2.80 bits per heavy atom. The number of thioether (sulfide) groups is 1. The second-order valence-corrected chi connectivity index (χ2v) is 7.63. The van der Waals surface area contributed by atoms with Gasteiger partial charge in [0.15, 0.2) is 0 Å². The Balaban J connectivity index is 1.96. The Hall–Kier alpha value is -0.510. The van der Waals surface area contributed by atoms with E-state index >= 15 is 0 Å². The lowest BCUT2D eigenvalue weighted by atomic mass is 10.1.